The van der Waals surface area contributed by atoms with Gasteiger partial charge in [-0.05, 0) is 43.4 Å². The molecule has 0 bridgehead atoms. The Morgan fingerprint density at radius 2 is 1.80 bits per heavy atom. The van der Waals surface area contributed by atoms with Gasteiger partial charge in [0.25, 0.3) is 0 Å². The maximum absolute atomic E-state index is 6.24. The highest BCUT2D eigenvalue weighted by Gasteiger charge is 2.18. The van der Waals surface area contributed by atoms with Gasteiger partial charge < -0.3 is 5.32 Å². The van der Waals surface area contributed by atoms with Crippen LogP contribution in [0.1, 0.15) is 43.4 Å². The molecule has 1 aliphatic rings. The van der Waals surface area contributed by atoms with Crippen molar-refractivity contribution in [3.05, 3.63) is 64.9 Å². The van der Waals surface area contributed by atoms with Crippen molar-refractivity contribution in [2.45, 2.75) is 51.0 Å². The fourth-order valence-corrected chi connectivity index (χ4v) is 3.90. The summed E-state index contributed by atoms with van der Waals surface area (Å²) in [5, 5.41) is 4.52. The Morgan fingerprint density at radius 3 is 2.60 bits per heavy atom. The van der Waals surface area contributed by atoms with Crippen LogP contribution in [0.25, 0.3) is 5.65 Å². The Bertz CT molecular complexity index is 835. The lowest BCUT2D eigenvalue weighted by molar-refractivity contribution is 0.461. The number of rotatable bonds is 5. The van der Waals surface area contributed by atoms with Gasteiger partial charge in [-0.15, -0.1) is 0 Å². The van der Waals surface area contributed by atoms with Gasteiger partial charge >= 0.3 is 0 Å². The molecule has 3 aromatic rings. The molecule has 0 spiro atoms. The molecule has 1 aromatic carbocycles. The lowest BCUT2D eigenvalue weighted by Crippen LogP contribution is -2.23. The summed E-state index contributed by atoms with van der Waals surface area (Å²) in [7, 11) is 0. The number of aromatic nitrogens is 2. The summed E-state index contributed by atoms with van der Waals surface area (Å²) in [6.07, 6.45) is 10.4. The number of anilines is 1. The Labute approximate surface area is 154 Å². The van der Waals surface area contributed by atoms with Gasteiger partial charge in [-0.3, -0.25) is 4.40 Å². The molecule has 3 nitrogen and oxygen atoms in total. The second-order valence-electron chi connectivity index (χ2n) is 6.95. The van der Waals surface area contributed by atoms with E-state index in [0.29, 0.717) is 6.04 Å². The van der Waals surface area contributed by atoms with Crippen molar-refractivity contribution in [1.29, 1.82) is 0 Å². The molecular weight excluding hydrogens is 330 g/mol. The van der Waals surface area contributed by atoms with Crippen LogP contribution in [0.3, 0.4) is 0 Å². The van der Waals surface area contributed by atoms with Gasteiger partial charge in [0.15, 0.2) is 0 Å². The molecule has 1 saturated carbocycles. The highest BCUT2D eigenvalue weighted by molar-refractivity contribution is 6.30. The Morgan fingerprint density at radius 1 is 1.00 bits per heavy atom. The highest BCUT2D eigenvalue weighted by atomic mass is 35.5. The van der Waals surface area contributed by atoms with Crippen LogP contribution >= 0.6 is 11.6 Å². The maximum atomic E-state index is 6.24. The quantitative estimate of drug-likeness (QED) is 0.654. The van der Waals surface area contributed by atoms with E-state index in [1.165, 1.54) is 37.7 Å². The number of hydrogen-bond acceptors (Lipinski definition) is 2. The van der Waals surface area contributed by atoms with Crippen molar-refractivity contribution >= 4 is 23.1 Å². The fourth-order valence-electron chi connectivity index (χ4n) is 3.74. The van der Waals surface area contributed by atoms with E-state index in [1.807, 2.05) is 18.3 Å². The van der Waals surface area contributed by atoms with E-state index in [4.69, 9.17) is 16.6 Å². The average molecular weight is 354 g/mol. The largest absolute Gasteiger partial charge is 0.367 e. The second-order valence-corrected chi connectivity index (χ2v) is 7.38. The molecule has 0 unspecified atom stereocenters. The molecular formula is C21H24ClN3. The smallest absolute Gasteiger partial charge is 0.138 e. The third kappa shape index (κ3) is 3.82. The highest BCUT2D eigenvalue weighted by Crippen LogP contribution is 2.27. The molecule has 4 rings (SSSR count). The van der Waals surface area contributed by atoms with Crippen molar-refractivity contribution in [2.75, 3.05) is 5.32 Å². The van der Waals surface area contributed by atoms with Gasteiger partial charge in [-0.2, -0.15) is 0 Å². The zero-order valence-corrected chi connectivity index (χ0v) is 15.2. The third-order valence-corrected chi connectivity index (χ3v) is 5.32. The molecule has 0 aliphatic heterocycles. The van der Waals surface area contributed by atoms with Crippen LogP contribution in [0.4, 0.5) is 5.82 Å². The molecule has 1 fully saturated rings. The lowest BCUT2D eigenvalue weighted by atomic mass is 9.95. The molecule has 0 atom stereocenters. The first-order valence-electron chi connectivity index (χ1n) is 9.26. The number of nitrogens with zero attached hydrogens (tertiary/aromatic N) is 2. The number of hydrogen-bond donors (Lipinski definition) is 1. The molecule has 0 amide bonds. The van der Waals surface area contributed by atoms with Gasteiger partial charge in [-0.1, -0.05) is 61.2 Å². The third-order valence-electron chi connectivity index (χ3n) is 5.09. The molecule has 2 heterocycles. The zero-order chi connectivity index (χ0) is 17.1. The Hall–Kier alpha value is -2.00. The molecule has 0 saturated heterocycles. The maximum Gasteiger partial charge on any atom is 0.138 e. The molecule has 25 heavy (non-hydrogen) atoms. The van der Waals surface area contributed by atoms with E-state index in [2.05, 4.69) is 40.0 Å². The van der Waals surface area contributed by atoms with Gasteiger partial charge in [0.2, 0.25) is 0 Å². The fraction of sp³-hybridized carbons (Fsp3) is 0.381. The monoisotopic (exact) mass is 353 g/mol. The van der Waals surface area contributed by atoms with Crippen molar-refractivity contribution in [1.82, 2.24) is 9.38 Å². The van der Waals surface area contributed by atoms with E-state index < -0.39 is 0 Å². The average Bonchev–Trinajstić information content (AvgIpc) is 2.99. The van der Waals surface area contributed by atoms with E-state index in [9.17, 15) is 0 Å². The van der Waals surface area contributed by atoms with E-state index in [0.717, 1.165) is 35.0 Å². The van der Waals surface area contributed by atoms with Crippen molar-refractivity contribution in [3.63, 3.8) is 0 Å². The van der Waals surface area contributed by atoms with Crippen LogP contribution in [0.15, 0.2) is 48.7 Å². The number of aryl methyl sites for hydroxylation is 2. The summed E-state index contributed by atoms with van der Waals surface area (Å²) in [5.41, 5.74) is 3.45. The van der Waals surface area contributed by atoms with Crippen LogP contribution < -0.4 is 5.32 Å². The first-order valence-corrected chi connectivity index (χ1v) is 9.64. The van der Waals surface area contributed by atoms with E-state index in [1.54, 1.807) is 0 Å². The van der Waals surface area contributed by atoms with Gasteiger partial charge in [-0.25, -0.2) is 4.98 Å². The van der Waals surface area contributed by atoms with Crippen LogP contribution in [0.2, 0.25) is 5.02 Å². The number of fused-ring (bicyclic) bond motifs is 1. The first kappa shape index (κ1) is 16.5. The van der Waals surface area contributed by atoms with Crippen LogP contribution in [-0.4, -0.2) is 15.4 Å². The minimum absolute atomic E-state index is 0.545. The van der Waals surface area contributed by atoms with E-state index >= 15 is 0 Å². The summed E-state index contributed by atoms with van der Waals surface area (Å²) in [6.45, 7) is 0. The van der Waals surface area contributed by atoms with Crippen molar-refractivity contribution < 1.29 is 0 Å². The topological polar surface area (TPSA) is 29.3 Å². The number of benzene rings is 1. The standard InChI is InChI=1S/C21H24ClN3/c22-17-12-14-20-24-19(13-11-16-7-3-1-4-8-16)21(25(20)15-17)23-18-9-5-2-6-10-18/h1,3-4,7-8,12,14-15,18,23H,2,5-6,9-11,13H2. The van der Waals surface area contributed by atoms with Crippen LogP contribution in [0, 0.1) is 0 Å². The predicted molar refractivity (Wildman–Crippen MR) is 105 cm³/mol. The Kier molecular flexibility index (Phi) is 4.93. The second kappa shape index (κ2) is 7.49. The molecule has 130 valence electrons. The van der Waals surface area contributed by atoms with Gasteiger partial charge in [0, 0.05) is 12.2 Å². The summed E-state index contributed by atoms with van der Waals surface area (Å²) in [6, 6.07) is 15.1. The summed E-state index contributed by atoms with van der Waals surface area (Å²) in [4.78, 5) is 4.88. The van der Waals surface area contributed by atoms with E-state index in [-0.39, 0.29) is 0 Å². The van der Waals surface area contributed by atoms with Crippen LogP contribution in [-0.2, 0) is 12.8 Å². The number of halogens is 1. The zero-order valence-electron chi connectivity index (χ0n) is 14.4. The van der Waals surface area contributed by atoms with Crippen LogP contribution in [0.5, 0.6) is 0 Å². The first-order chi connectivity index (χ1) is 12.3. The normalized spacial score (nSPS) is 15.6. The predicted octanol–water partition coefficient (Wildman–Crippen LogP) is 5.52. The molecule has 0 radical (unpaired) electrons. The van der Waals surface area contributed by atoms with Gasteiger partial charge in [0.1, 0.15) is 11.5 Å². The molecule has 1 N–H and O–H groups in total. The summed E-state index contributed by atoms with van der Waals surface area (Å²) in [5.74, 6) is 1.13. The summed E-state index contributed by atoms with van der Waals surface area (Å²) >= 11 is 6.24. The van der Waals surface area contributed by atoms with Crippen molar-refractivity contribution in [2.24, 2.45) is 0 Å². The minimum Gasteiger partial charge on any atom is -0.367 e. The molecule has 4 heteroatoms. The molecule has 2 aromatic heterocycles. The van der Waals surface area contributed by atoms with Crippen molar-refractivity contribution in [3.8, 4) is 0 Å². The lowest BCUT2D eigenvalue weighted by Gasteiger charge is -2.24. The Balaban J connectivity index is 1.63. The number of nitrogens with one attached hydrogen (secondary N) is 1. The number of imidazole rings is 1. The van der Waals surface area contributed by atoms with Gasteiger partial charge in [0.05, 0.1) is 10.7 Å². The summed E-state index contributed by atoms with van der Waals surface area (Å²) < 4.78 is 2.12. The molecule has 1 aliphatic carbocycles. The SMILES string of the molecule is Clc1ccc2nc(CCc3ccccc3)c(NC3CCCCC3)n2c1. The minimum atomic E-state index is 0.545. The number of pyridine rings is 1.